The highest BCUT2D eigenvalue weighted by molar-refractivity contribution is 7.19. The smallest absolute Gasteiger partial charge is 0.412 e. The largest absolute Gasteiger partial charge is 0.444 e. The molecule has 1 aromatic carbocycles. The summed E-state index contributed by atoms with van der Waals surface area (Å²) in [4.78, 5) is 15.7. The Hall–Kier alpha value is -1.95. The van der Waals surface area contributed by atoms with Gasteiger partial charge in [-0.25, -0.2) is 14.2 Å². The number of ether oxygens (including phenoxy) is 1. The minimum absolute atomic E-state index is 0.342. The first-order valence-electron chi connectivity index (χ1n) is 6.06. The average molecular weight is 294 g/mol. The van der Waals surface area contributed by atoms with Gasteiger partial charge in [0.1, 0.15) is 21.4 Å². The average Bonchev–Trinajstić information content (AvgIpc) is 2.75. The zero-order chi connectivity index (χ0) is 14.8. The number of nitrogens with one attached hydrogen (secondary N) is 1. The van der Waals surface area contributed by atoms with Crippen LogP contribution in [0.5, 0.6) is 0 Å². The van der Waals surface area contributed by atoms with Gasteiger partial charge in [-0.3, -0.25) is 5.32 Å². The second-order valence-electron chi connectivity index (χ2n) is 5.14. The van der Waals surface area contributed by atoms with Gasteiger partial charge in [0, 0.05) is 5.56 Å². The summed E-state index contributed by atoms with van der Waals surface area (Å²) >= 11 is 1.19. The number of thiazole rings is 1. The van der Waals surface area contributed by atoms with Gasteiger partial charge in [0.15, 0.2) is 0 Å². The number of aromatic nitrogens is 1. The molecule has 1 amide bonds. The summed E-state index contributed by atoms with van der Waals surface area (Å²) in [6.45, 7) is 5.35. The summed E-state index contributed by atoms with van der Waals surface area (Å²) in [5, 5.41) is 3.60. The molecular weight excluding hydrogens is 279 g/mol. The number of hydrogen-bond donors (Lipinski definition) is 1. The molecule has 0 spiro atoms. The van der Waals surface area contributed by atoms with Gasteiger partial charge in [0.05, 0.1) is 6.20 Å². The van der Waals surface area contributed by atoms with Crippen molar-refractivity contribution in [2.45, 2.75) is 26.4 Å². The van der Waals surface area contributed by atoms with Crippen LogP contribution in [0.4, 0.5) is 14.2 Å². The summed E-state index contributed by atoms with van der Waals surface area (Å²) in [5.41, 5.74) is -0.155. The lowest BCUT2D eigenvalue weighted by Gasteiger charge is -2.19. The lowest BCUT2D eigenvalue weighted by atomic mass is 10.2. The fourth-order valence-corrected chi connectivity index (χ4v) is 2.32. The maximum Gasteiger partial charge on any atom is 0.412 e. The van der Waals surface area contributed by atoms with Gasteiger partial charge in [-0.1, -0.05) is 23.5 Å². The van der Waals surface area contributed by atoms with Crippen molar-refractivity contribution < 1.29 is 13.9 Å². The molecule has 0 bridgehead atoms. The summed E-state index contributed by atoms with van der Waals surface area (Å²) in [7, 11) is 0. The van der Waals surface area contributed by atoms with Crippen LogP contribution in [-0.4, -0.2) is 16.7 Å². The minimum atomic E-state index is -0.566. The second kappa shape index (κ2) is 5.58. The summed E-state index contributed by atoms with van der Waals surface area (Å²) in [6, 6.07) is 6.37. The predicted molar refractivity (Wildman–Crippen MR) is 77.4 cm³/mol. The summed E-state index contributed by atoms with van der Waals surface area (Å²) in [6.07, 6.45) is 0.928. The number of benzene rings is 1. The Morgan fingerprint density at radius 2 is 2.05 bits per heavy atom. The van der Waals surface area contributed by atoms with Crippen LogP contribution in [0.3, 0.4) is 0 Å². The monoisotopic (exact) mass is 294 g/mol. The molecule has 0 unspecified atom stereocenters. The maximum absolute atomic E-state index is 13.6. The molecule has 106 valence electrons. The van der Waals surface area contributed by atoms with E-state index in [2.05, 4.69) is 10.3 Å². The molecule has 20 heavy (non-hydrogen) atoms. The molecule has 0 radical (unpaired) electrons. The van der Waals surface area contributed by atoms with Gasteiger partial charge >= 0.3 is 6.09 Å². The van der Waals surface area contributed by atoms with Crippen molar-refractivity contribution in [2.24, 2.45) is 0 Å². The molecule has 0 atom stereocenters. The Morgan fingerprint density at radius 3 is 2.70 bits per heavy atom. The molecule has 2 rings (SSSR count). The molecule has 1 aromatic heterocycles. The van der Waals surface area contributed by atoms with E-state index < -0.39 is 11.7 Å². The van der Waals surface area contributed by atoms with Gasteiger partial charge < -0.3 is 4.74 Å². The van der Waals surface area contributed by atoms with E-state index in [-0.39, 0.29) is 5.82 Å². The minimum Gasteiger partial charge on any atom is -0.444 e. The quantitative estimate of drug-likeness (QED) is 0.898. The number of carbonyl (C=O) groups is 1. The van der Waals surface area contributed by atoms with E-state index in [1.807, 2.05) is 0 Å². The highest BCUT2D eigenvalue weighted by Gasteiger charge is 2.17. The normalized spacial score (nSPS) is 11.2. The molecule has 0 aliphatic rings. The van der Waals surface area contributed by atoms with E-state index in [1.54, 1.807) is 39.0 Å². The van der Waals surface area contributed by atoms with E-state index in [0.29, 0.717) is 15.6 Å². The van der Waals surface area contributed by atoms with Crippen LogP contribution < -0.4 is 5.32 Å². The molecule has 0 fully saturated rings. The first kappa shape index (κ1) is 14.5. The summed E-state index contributed by atoms with van der Waals surface area (Å²) < 4.78 is 18.8. The van der Waals surface area contributed by atoms with E-state index in [9.17, 15) is 9.18 Å². The van der Waals surface area contributed by atoms with Crippen molar-refractivity contribution in [3.05, 3.63) is 36.3 Å². The third kappa shape index (κ3) is 3.77. The lowest BCUT2D eigenvalue weighted by molar-refractivity contribution is 0.0636. The van der Waals surface area contributed by atoms with E-state index in [1.165, 1.54) is 23.6 Å². The molecule has 0 saturated heterocycles. The Kier molecular flexibility index (Phi) is 4.04. The highest BCUT2D eigenvalue weighted by Crippen LogP contribution is 2.30. The molecule has 1 heterocycles. The Morgan fingerprint density at radius 1 is 1.35 bits per heavy atom. The van der Waals surface area contributed by atoms with E-state index in [4.69, 9.17) is 4.74 Å². The van der Waals surface area contributed by atoms with Crippen molar-refractivity contribution in [1.82, 2.24) is 4.98 Å². The Bertz CT molecular complexity index is 620. The lowest BCUT2D eigenvalue weighted by Crippen LogP contribution is -2.26. The molecule has 0 saturated carbocycles. The zero-order valence-electron chi connectivity index (χ0n) is 11.4. The van der Waals surface area contributed by atoms with Crippen LogP contribution in [-0.2, 0) is 4.74 Å². The molecule has 0 aliphatic heterocycles. The molecule has 4 nitrogen and oxygen atoms in total. The Labute approximate surface area is 120 Å². The number of hydrogen-bond acceptors (Lipinski definition) is 4. The maximum atomic E-state index is 13.6. The standard InChI is InChI=1S/C14H15FN2O2S/c1-14(2,3)19-13(18)17-11-8-16-12(20-11)9-6-4-5-7-10(9)15/h4-8H,1-3H3,(H,17,18). The fraction of sp³-hybridized carbons (Fsp3) is 0.286. The van der Waals surface area contributed by atoms with E-state index in [0.717, 1.165) is 0 Å². The zero-order valence-corrected chi connectivity index (χ0v) is 12.3. The van der Waals surface area contributed by atoms with Crippen LogP contribution >= 0.6 is 11.3 Å². The van der Waals surface area contributed by atoms with Gasteiger partial charge in [-0.2, -0.15) is 0 Å². The van der Waals surface area contributed by atoms with Crippen molar-refractivity contribution in [1.29, 1.82) is 0 Å². The number of anilines is 1. The number of rotatable bonds is 2. The third-order valence-corrected chi connectivity index (χ3v) is 3.18. The van der Waals surface area contributed by atoms with Crippen molar-refractivity contribution >= 4 is 22.4 Å². The topological polar surface area (TPSA) is 51.2 Å². The number of amides is 1. The first-order chi connectivity index (χ1) is 9.35. The van der Waals surface area contributed by atoms with Gasteiger partial charge in [-0.15, -0.1) is 0 Å². The van der Waals surface area contributed by atoms with Gasteiger partial charge in [0.2, 0.25) is 0 Å². The highest BCUT2D eigenvalue weighted by atomic mass is 32.1. The fourth-order valence-electron chi connectivity index (χ4n) is 1.50. The second-order valence-corrected chi connectivity index (χ2v) is 6.17. The van der Waals surface area contributed by atoms with Crippen LogP contribution in [0, 0.1) is 5.82 Å². The number of halogens is 1. The molecule has 6 heteroatoms. The predicted octanol–water partition coefficient (Wildman–Crippen LogP) is 4.30. The van der Waals surface area contributed by atoms with Crippen molar-refractivity contribution in [2.75, 3.05) is 5.32 Å². The third-order valence-electron chi connectivity index (χ3n) is 2.23. The molecule has 2 aromatic rings. The van der Waals surface area contributed by atoms with Crippen LogP contribution in [0.2, 0.25) is 0 Å². The van der Waals surface area contributed by atoms with Crippen LogP contribution in [0.1, 0.15) is 20.8 Å². The van der Waals surface area contributed by atoms with Crippen LogP contribution in [0.15, 0.2) is 30.5 Å². The SMILES string of the molecule is CC(C)(C)OC(=O)Nc1cnc(-c2ccccc2F)s1. The Balaban J connectivity index is 2.10. The van der Waals surface area contributed by atoms with Crippen LogP contribution in [0.25, 0.3) is 10.6 Å². The van der Waals surface area contributed by atoms with E-state index >= 15 is 0 Å². The van der Waals surface area contributed by atoms with Crippen molar-refractivity contribution in [3.8, 4) is 10.6 Å². The number of carbonyl (C=O) groups excluding carboxylic acids is 1. The molecule has 1 N–H and O–H groups in total. The number of nitrogens with zero attached hydrogens (tertiary/aromatic N) is 1. The summed E-state index contributed by atoms with van der Waals surface area (Å²) in [5.74, 6) is -0.342. The van der Waals surface area contributed by atoms with Gasteiger partial charge in [-0.05, 0) is 32.9 Å². The molecular formula is C14H15FN2O2S. The van der Waals surface area contributed by atoms with Gasteiger partial charge in [0.25, 0.3) is 0 Å². The first-order valence-corrected chi connectivity index (χ1v) is 6.87. The molecule has 0 aliphatic carbocycles. The van der Waals surface area contributed by atoms with Crippen molar-refractivity contribution in [3.63, 3.8) is 0 Å².